The number of ether oxygens (including phenoxy) is 3. The highest BCUT2D eigenvalue weighted by Crippen LogP contribution is 2.47. The zero-order valence-corrected chi connectivity index (χ0v) is 13.7. The van der Waals surface area contributed by atoms with Crippen molar-refractivity contribution in [1.82, 2.24) is 4.90 Å². The largest absolute Gasteiger partial charge is 0.504 e. The molecule has 6 heteroatoms. The van der Waals surface area contributed by atoms with Crippen LogP contribution in [0.2, 0.25) is 0 Å². The summed E-state index contributed by atoms with van der Waals surface area (Å²) in [6, 6.07) is 7.33. The van der Waals surface area contributed by atoms with Crippen LogP contribution in [0.5, 0.6) is 23.0 Å². The molecule has 2 N–H and O–H groups in total. The maximum atomic E-state index is 10.6. The van der Waals surface area contributed by atoms with Gasteiger partial charge in [0.1, 0.15) is 0 Å². The van der Waals surface area contributed by atoms with E-state index < -0.39 is 6.10 Å². The van der Waals surface area contributed by atoms with E-state index >= 15 is 0 Å². The summed E-state index contributed by atoms with van der Waals surface area (Å²) in [5.41, 5.74) is 4.74. The Labute approximate surface area is 144 Å². The first-order chi connectivity index (χ1) is 12.2. The lowest BCUT2D eigenvalue weighted by Crippen LogP contribution is -2.34. The minimum Gasteiger partial charge on any atom is -0.504 e. The van der Waals surface area contributed by atoms with Gasteiger partial charge in [-0.1, -0.05) is 6.07 Å². The summed E-state index contributed by atoms with van der Waals surface area (Å²) >= 11 is 0. The number of aliphatic hydroxyl groups is 1. The Bertz CT molecular complexity index is 921. The average Bonchev–Trinajstić information content (AvgIpc) is 3.07. The predicted octanol–water partition coefficient (Wildman–Crippen LogP) is 2.49. The van der Waals surface area contributed by atoms with Gasteiger partial charge >= 0.3 is 0 Å². The molecule has 6 nitrogen and oxygen atoms in total. The fraction of sp³-hybridized carbons (Fsp3) is 0.263. The third kappa shape index (κ3) is 2.01. The molecule has 0 radical (unpaired) electrons. The van der Waals surface area contributed by atoms with Gasteiger partial charge in [0, 0.05) is 29.9 Å². The van der Waals surface area contributed by atoms with E-state index in [4.69, 9.17) is 14.2 Å². The Balaban J connectivity index is 1.70. The second-order valence-corrected chi connectivity index (χ2v) is 6.40. The average molecular weight is 339 g/mol. The molecule has 0 aromatic heterocycles. The Morgan fingerprint density at radius 2 is 2.00 bits per heavy atom. The van der Waals surface area contributed by atoms with E-state index in [2.05, 4.69) is 11.0 Å². The van der Waals surface area contributed by atoms with Crippen molar-refractivity contribution in [3.05, 3.63) is 46.5 Å². The molecule has 128 valence electrons. The van der Waals surface area contributed by atoms with Crippen LogP contribution in [-0.2, 0) is 6.54 Å². The number of benzene rings is 2. The summed E-state index contributed by atoms with van der Waals surface area (Å²) in [6.07, 6.45) is 1.44. The summed E-state index contributed by atoms with van der Waals surface area (Å²) in [6.45, 7) is 1.23. The molecule has 0 unspecified atom stereocenters. The first-order valence-electron chi connectivity index (χ1n) is 8.13. The van der Waals surface area contributed by atoms with Gasteiger partial charge in [-0.2, -0.15) is 0 Å². The van der Waals surface area contributed by atoms with Crippen LogP contribution in [0, 0.1) is 0 Å². The maximum absolute atomic E-state index is 10.6. The summed E-state index contributed by atoms with van der Waals surface area (Å²) in [7, 11) is 1.55. The Kier molecular flexibility index (Phi) is 2.93. The first-order valence-corrected chi connectivity index (χ1v) is 8.13. The maximum Gasteiger partial charge on any atom is 0.231 e. The minimum atomic E-state index is -0.619. The number of aliphatic hydroxyl groups excluding tert-OH is 1. The fourth-order valence-electron chi connectivity index (χ4n) is 3.84. The molecule has 0 saturated heterocycles. The normalized spacial score (nSPS) is 19.7. The number of methoxy groups -OCH3 is 1. The topological polar surface area (TPSA) is 71.4 Å². The molecule has 0 amide bonds. The van der Waals surface area contributed by atoms with Crippen molar-refractivity contribution in [2.75, 3.05) is 20.4 Å². The van der Waals surface area contributed by atoms with E-state index in [1.165, 1.54) is 0 Å². The van der Waals surface area contributed by atoms with E-state index in [0.29, 0.717) is 30.3 Å². The number of phenolic OH excluding ortho intramolecular Hbond substituents is 1. The van der Waals surface area contributed by atoms with Crippen LogP contribution < -0.4 is 14.2 Å². The quantitative estimate of drug-likeness (QED) is 0.832. The van der Waals surface area contributed by atoms with Crippen LogP contribution in [0.25, 0.3) is 11.8 Å². The monoisotopic (exact) mass is 339 g/mol. The van der Waals surface area contributed by atoms with E-state index in [9.17, 15) is 10.2 Å². The van der Waals surface area contributed by atoms with Gasteiger partial charge in [-0.25, -0.2) is 0 Å². The minimum absolute atomic E-state index is 0.124. The number of nitrogens with zero attached hydrogens (tertiary/aromatic N) is 1. The van der Waals surface area contributed by atoms with Crippen LogP contribution >= 0.6 is 0 Å². The van der Waals surface area contributed by atoms with Crippen LogP contribution in [0.3, 0.4) is 0 Å². The van der Waals surface area contributed by atoms with Crippen LogP contribution in [0.4, 0.5) is 0 Å². The van der Waals surface area contributed by atoms with Crippen molar-refractivity contribution in [2.24, 2.45) is 0 Å². The summed E-state index contributed by atoms with van der Waals surface area (Å²) in [5.74, 6) is 1.98. The highest BCUT2D eigenvalue weighted by atomic mass is 16.7. The predicted molar refractivity (Wildman–Crippen MR) is 90.5 cm³/mol. The Hall–Kier alpha value is -2.86. The van der Waals surface area contributed by atoms with Crippen molar-refractivity contribution in [2.45, 2.75) is 12.6 Å². The van der Waals surface area contributed by atoms with E-state index in [-0.39, 0.29) is 12.5 Å². The first kappa shape index (κ1) is 14.5. The Morgan fingerprint density at radius 1 is 1.20 bits per heavy atom. The summed E-state index contributed by atoms with van der Waals surface area (Å²) in [5, 5.41) is 20.6. The van der Waals surface area contributed by atoms with Crippen molar-refractivity contribution >= 4 is 11.8 Å². The van der Waals surface area contributed by atoms with Gasteiger partial charge in [-0.3, -0.25) is 0 Å². The Morgan fingerprint density at radius 3 is 2.80 bits per heavy atom. The molecule has 3 heterocycles. The molecule has 5 rings (SSSR count). The lowest BCUT2D eigenvalue weighted by atomic mass is 9.89. The summed E-state index contributed by atoms with van der Waals surface area (Å²) < 4.78 is 16.3. The third-order valence-electron chi connectivity index (χ3n) is 5.03. The van der Waals surface area contributed by atoms with Gasteiger partial charge < -0.3 is 29.3 Å². The smallest absolute Gasteiger partial charge is 0.231 e. The fourth-order valence-corrected chi connectivity index (χ4v) is 3.84. The van der Waals surface area contributed by atoms with Gasteiger partial charge in [0.25, 0.3) is 0 Å². The lowest BCUT2D eigenvalue weighted by Gasteiger charge is -2.39. The second-order valence-electron chi connectivity index (χ2n) is 6.40. The van der Waals surface area contributed by atoms with Gasteiger partial charge in [-0.15, -0.1) is 0 Å². The van der Waals surface area contributed by atoms with Gasteiger partial charge in [0.15, 0.2) is 23.0 Å². The molecule has 3 aliphatic rings. The zero-order valence-electron chi connectivity index (χ0n) is 13.7. The third-order valence-corrected chi connectivity index (χ3v) is 5.03. The molecule has 2 aromatic rings. The molecular weight excluding hydrogens is 322 g/mol. The molecule has 0 fully saturated rings. The van der Waals surface area contributed by atoms with Crippen molar-refractivity contribution in [3.63, 3.8) is 0 Å². The van der Waals surface area contributed by atoms with Crippen molar-refractivity contribution in [1.29, 1.82) is 0 Å². The number of hydrogen-bond donors (Lipinski definition) is 2. The molecule has 3 aliphatic heterocycles. The lowest BCUT2D eigenvalue weighted by molar-refractivity contribution is 0.128. The molecule has 0 aliphatic carbocycles. The van der Waals surface area contributed by atoms with Gasteiger partial charge in [0.2, 0.25) is 6.79 Å². The van der Waals surface area contributed by atoms with Crippen LogP contribution in [0.15, 0.2) is 24.3 Å². The molecule has 2 aromatic carbocycles. The van der Waals surface area contributed by atoms with E-state index in [1.807, 2.05) is 18.2 Å². The van der Waals surface area contributed by atoms with Crippen molar-refractivity contribution < 1.29 is 24.4 Å². The summed E-state index contributed by atoms with van der Waals surface area (Å²) in [4.78, 5) is 2.10. The molecule has 0 saturated carbocycles. The SMILES string of the molecule is COc1c(O)ccc2c1CN1C[C@H](O)c3cc4c(cc3C1=C2)OCO4. The van der Waals surface area contributed by atoms with E-state index in [0.717, 1.165) is 28.0 Å². The van der Waals surface area contributed by atoms with E-state index in [1.54, 1.807) is 13.2 Å². The molecule has 25 heavy (non-hydrogen) atoms. The number of fused-ring (bicyclic) bond motifs is 5. The number of rotatable bonds is 1. The number of phenols is 1. The highest BCUT2D eigenvalue weighted by molar-refractivity contribution is 5.87. The molecule has 0 spiro atoms. The van der Waals surface area contributed by atoms with Gasteiger partial charge in [0.05, 0.1) is 13.2 Å². The molecular formula is C19H17NO5. The second kappa shape index (κ2) is 5.07. The van der Waals surface area contributed by atoms with Crippen LogP contribution in [0.1, 0.15) is 28.4 Å². The number of aromatic hydroxyl groups is 1. The number of hydrogen-bond acceptors (Lipinski definition) is 6. The highest BCUT2D eigenvalue weighted by Gasteiger charge is 2.33. The zero-order chi connectivity index (χ0) is 17.1. The molecule has 0 bridgehead atoms. The van der Waals surface area contributed by atoms with Crippen molar-refractivity contribution in [3.8, 4) is 23.0 Å². The van der Waals surface area contributed by atoms with Crippen LogP contribution in [-0.4, -0.2) is 35.6 Å². The standard InChI is InChI=1S/C19H17NO5/c1-23-19-13-7-20-8-16(22)12-6-18-17(24-9-25-18)5-11(12)14(20)4-10(13)2-3-15(19)21/h2-6,16,21-22H,7-9H2,1H3/t16-/m0/s1. The van der Waals surface area contributed by atoms with Gasteiger partial charge in [-0.05, 0) is 35.4 Å². The molecule has 1 atom stereocenters.